The van der Waals surface area contributed by atoms with E-state index in [4.69, 9.17) is 9.47 Å². The highest BCUT2D eigenvalue weighted by molar-refractivity contribution is 5.79. The fourth-order valence-corrected chi connectivity index (χ4v) is 3.52. The maximum Gasteiger partial charge on any atom is 0.191 e. The number of para-hydroxylation sites is 1. The number of nitrogens with zero attached hydrogens (tertiary/aromatic N) is 3. The van der Waals surface area contributed by atoms with Crippen LogP contribution in [0.25, 0.3) is 0 Å². The number of ether oxygens (including phenoxy) is 2. The Labute approximate surface area is 183 Å². The molecule has 31 heavy (non-hydrogen) atoms. The third-order valence-corrected chi connectivity index (χ3v) is 4.96. The summed E-state index contributed by atoms with van der Waals surface area (Å²) in [4.78, 5) is 11.1. The first-order valence-electron chi connectivity index (χ1n) is 10.7. The second kappa shape index (κ2) is 10.9. The van der Waals surface area contributed by atoms with Crippen LogP contribution in [0.15, 0.2) is 47.6 Å². The predicted molar refractivity (Wildman–Crippen MR) is 121 cm³/mol. The Kier molecular flexibility index (Phi) is 8.06. The van der Waals surface area contributed by atoms with Gasteiger partial charge in [-0.2, -0.15) is 0 Å². The van der Waals surface area contributed by atoms with Gasteiger partial charge in [-0.25, -0.2) is 9.37 Å². The molecule has 8 heteroatoms. The van der Waals surface area contributed by atoms with Gasteiger partial charge < -0.3 is 25.0 Å². The molecule has 1 aromatic carbocycles. The van der Waals surface area contributed by atoms with E-state index < -0.39 is 0 Å². The van der Waals surface area contributed by atoms with E-state index in [1.54, 1.807) is 25.2 Å². The molecule has 3 rings (SSSR count). The number of morpholine rings is 1. The van der Waals surface area contributed by atoms with Gasteiger partial charge in [0, 0.05) is 32.9 Å². The van der Waals surface area contributed by atoms with Crippen LogP contribution >= 0.6 is 0 Å². The standard InChI is InChI=1S/C23H32FN5O2/c1-16(31-21-8-6-5-7-20(21)24)11-27-23(25-4)28-13-19-9-10-22(26-12-19)29-14-17(2)30-18(3)15-29/h5-10,12,16-18H,11,13-15H2,1-4H3,(H2,25,27,28). The molecule has 1 fully saturated rings. The largest absolute Gasteiger partial charge is 0.486 e. The quantitative estimate of drug-likeness (QED) is 0.521. The van der Waals surface area contributed by atoms with Crippen molar-refractivity contribution in [2.75, 3.05) is 31.6 Å². The van der Waals surface area contributed by atoms with E-state index in [9.17, 15) is 4.39 Å². The number of nitrogens with one attached hydrogen (secondary N) is 2. The summed E-state index contributed by atoms with van der Waals surface area (Å²) in [6.45, 7) is 8.81. The first kappa shape index (κ1) is 22.8. The van der Waals surface area contributed by atoms with Gasteiger partial charge in [-0.15, -0.1) is 0 Å². The average Bonchev–Trinajstić information content (AvgIpc) is 2.75. The SMILES string of the molecule is CN=C(NCc1ccc(N2CC(C)OC(C)C2)nc1)NCC(C)Oc1ccccc1F. The normalized spacial score (nSPS) is 20.3. The summed E-state index contributed by atoms with van der Waals surface area (Å²) >= 11 is 0. The van der Waals surface area contributed by atoms with Crippen molar-refractivity contribution in [1.82, 2.24) is 15.6 Å². The molecule has 168 valence electrons. The van der Waals surface area contributed by atoms with Crippen LogP contribution in [0.2, 0.25) is 0 Å². The van der Waals surface area contributed by atoms with Crippen molar-refractivity contribution in [1.29, 1.82) is 0 Å². The molecule has 1 aliphatic heterocycles. The van der Waals surface area contributed by atoms with Crippen LogP contribution in [0.4, 0.5) is 10.2 Å². The van der Waals surface area contributed by atoms with Crippen LogP contribution in [-0.2, 0) is 11.3 Å². The topological polar surface area (TPSA) is 71.0 Å². The summed E-state index contributed by atoms with van der Waals surface area (Å²) in [5, 5.41) is 6.47. The smallest absolute Gasteiger partial charge is 0.191 e. The van der Waals surface area contributed by atoms with Crippen molar-refractivity contribution in [3.63, 3.8) is 0 Å². The highest BCUT2D eigenvalue weighted by atomic mass is 19.1. The Bertz CT molecular complexity index is 851. The summed E-state index contributed by atoms with van der Waals surface area (Å²) in [7, 11) is 1.71. The zero-order valence-electron chi connectivity index (χ0n) is 18.6. The van der Waals surface area contributed by atoms with E-state index in [0.29, 0.717) is 19.0 Å². The molecule has 7 nitrogen and oxygen atoms in total. The van der Waals surface area contributed by atoms with Crippen LogP contribution in [0.5, 0.6) is 5.75 Å². The lowest BCUT2D eigenvalue weighted by Crippen LogP contribution is -2.45. The van der Waals surface area contributed by atoms with Gasteiger partial charge in [0.25, 0.3) is 0 Å². The molecule has 0 bridgehead atoms. The third kappa shape index (κ3) is 6.82. The monoisotopic (exact) mass is 429 g/mol. The second-order valence-corrected chi connectivity index (χ2v) is 7.85. The van der Waals surface area contributed by atoms with Gasteiger partial charge in [-0.05, 0) is 44.5 Å². The first-order chi connectivity index (χ1) is 14.9. The molecule has 2 heterocycles. The zero-order valence-corrected chi connectivity index (χ0v) is 18.6. The van der Waals surface area contributed by atoms with Crippen molar-refractivity contribution in [3.8, 4) is 5.75 Å². The average molecular weight is 430 g/mol. The van der Waals surface area contributed by atoms with Crippen molar-refractivity contribution in [2.45, 2.75) is 45.6 Å². The number of rotatable bonds is 7. The highest BCUT2D eigenvalue weighted by Gasteiger charge is 2.23. The van der Waals surface area contributed by atoms with Gasteiger partial charge in [-0.1, -0.05) is 18.2 Å². The lowest BCUT2D eigenvalue weighted by molar-refractivity contribution is -0.00546. The minimum Gasteiger partial charge on any atom is -0.486 e. The van der Waals surface area contributed by atoms with Crippen LogP contribution in [0, 0.1) is 5.82 Å². The number of guanidine groups is 1. The van der Waals surface area contributed by atoms with E-state index in [-0.39, 0.29) is 29.9 Å². The van der Waals surface area contributed by atoms with E-state index in [1.165, 1.54) is 6.07 Å². The van der Waals surface area contributed by atoms with Gasteiger partial charge >= 0.3 is 0 Å². The minimum absolute atomic E-state index is 0.200. The number of hydrogen-bond acceptors (Lipinski definition) is 5. The van der Waals surface area contributed by atoms with Gasteiger partial charge in [0.05, 0.1) is 18.8 Å². The lowest BCUT2D eigenvalue weighted by atomic mass is 10.2. The number of aromatic nitrogens is 1. The molecule has 0 saturated carbocycles. The van der Waals surface area contributed by atoms with Gasteiger partial charge in [0.2, 0.25) is 0 Å². The van der Waals surface area contributed by atoms with Gasteiger partial charge in [0.15, 0.2) is 17.5 Å². The van der Waals surface area contributed by atoms with Crippen molar-refractivity contribution < 1.29 is 13.9 Å². The number of aliphatic imine (C=N–C) groups is 1. The van der Waals surface area contributed by atoms with E-state index in [0.717, 1.165) is 24.5 Å². The van der Waals surface area contributed by atoms with Crippen LogP contribution in [-0.4, -0.2) is 55.9 Å². The number of anilines is 1. The summed E-state index contributed by atoms with van der Waals surface area (Å²) in [6, 6.07) is 10.5. The molecule has 1 aliphatic rings. The van der Waals surface area contributed by atoms with E-state index >= 15 is 0 Å². The Balaban J connectivity index is 1.45. The Morgan fingerprint density at radius 2 is 1.97 bits per heavy atom. The number of halogens is 1. The van der Waals surface area contributed by atoms with Gasteiger partial charge in [0.1, 0.15) is 11.9 Å². The molecule has 1 aromatic heterocycles. The molecule has 0 radical (unpaired) electrons. The second-order valence-electron chi connectivity index (χ2n) is 7.85. The summed E-state index contributed by atoms with van der Waals surface area (Å²) in [6.07, 6.45) is 2.05. The fourth-order valence-electron chi connectivity index (χ4n) is 3.52. The van der Waals surface area contributed by atoms with Crippen molar-refractivity contribution >= 4 is 11.8 Å². The summed E-state index contributed by atoms with van der Waals surface area (Å²) in [5.74, 6) is 1.49. The summed E-state index contributed by atoms with van der Waals surface area (Å²) < 4.78 is 25.1. The van der Waals surface area contributed by atoms with Gasteiger partial charge in [-0.3, -0.25) is 4.99 Å². The molecular formula is C23H32FN5O2. The molecule has 0 aliphatic carbocycles. The number of hydrogen-bond donors (Lipinski definition) is 2. The maximum atomic E-state index is 13.7. The molecular weight excluding hydrogens is 397 g/mol. The minimum atomic E-state index is -0.367. The molecule has 2 aromatic rings. The number of benzene rings is 1. The van der Waals surface area contributed by atoms with E-state index in [2.05, 4.69) is 45.4 Å². The molecule has 2 N–H and O–H groups in total. The predicted octanol–water partition coefficient (Wildman–Crippen LogP) is 2.97. The molecule has 3 atom stereocenters. The fraction of sp³-hybridized carbons (Fsp3) is 0.478. The lowest BCUT2D eigenvalue weighted by Gasteiger charge is -2.36. The Morgan fingerprint density at radius 1 is 1.23 bits per heavy atom. The van der Waals surface area contributed by atoms with Crippen LogP contribution in [0.3, 0.4) is 0 Å². The van der Waals surface area contributed by atoms with Crippen LogP contribution < -0.4 is 20.3 Å². The van der Waals surface area contributed by atoms with Crippen LogP contribution in [0.1, 0.15) is 26.3 Å². The Morgan fingerprint density at radius 3 is 2.61 bits per heavy atom. The molecule has 3 unspecified atom stereocenters. The van der Waals surface area contributed by atoms with E-state index in [1.807, 2.05) is 19.2 Å². The zero-order chi connectivity index (χ0) is 22.2. The summed E-state index contributed by atoms with van der Waals surface area (Å²) in [5.41, 5.74) is 1.05. The molecule has 0 spiro atoms. The van der Waals surface area contributed by atoms with Crippen molar-refractivity contribution in [2.24, 2.45) is 4.99 Å². The maximum absolute atomic E-state index is 13.7. The van der Waals surface area contributed by atoms with Crippen molar-refractivity contribution in [3.05, 3.63) is 54.0 Å². The molecule has 0 amide bonds. The Hall–Kier alpha value is -2.87. The highest BCUT2D eigenvalue weighted by Crippen LogP contribution is 2.18. The third-order valence-electron chi connectivity index (χ3n) is 4.96. The first-order valence-corrected chi connectivity index (χ1v) is 10.7. The molecule has 1 saturated heterocycles. The number of pyridine rings is 1.